The van der Waals surface area contributed by atoms with Crippen LogP contribution in [0.2, 0.25) is 0 Å². The molecule has 1 aliphatic heterocycles. The summed E-state index contributed by atoms with van der Waals surface area (Å²) >= 11 is 4.77. The molecular weight excluding hydrogens is 163 g/mol. The van der Waals surface area contributed by atoms with E-state index in [1.54, 1.807) is 6.92 Å². The van der Waals surface area contributed by atoms with Crippen molar-refractivity contribution in [2.75, 3.05) is 13.1 Å². The average molecular weight is 176 g/mol. The summed E-state index contributed by atoms with van der Waals surface area (Å²) in [5.41, 5.74) is 4.38. The van der Waals surface area contributed by atoms with Gasteiger partial charge in [-0.1, -0.05) is 0 Å². The van der Waals surface area contributed by atoms with E-state index in [0.717, 1.165) is 0 Å². The number of piperidine rings is 1. The Balaban J connectivity index is 2.42. The van der Waals surface area contributed by atoms with Crippen molar-refractivity contribution in [3.05, 3.63) is 0 Å². The van der Waals surface area contributed by atoms with Gasteiger partial charge in [0, 0.05) is 13.1 Å². The van der Waals surface area contributed by atoms with Crippen molar-refractivity contribution in [1.82, 2.24) is 4.90 Å². The first kappa shape index (κ1) is 8.71. The molecule has 1 heterocycles. The van der Waals surface area contributed by atoms with Crippen molar-refractivity contribution in [2.24, 2.45) is 5.73 Å². The standard InChI is InChI=1S/C7H13FN2S/c1-7(8)2-4-10(5-3-7)6(9)11/h2-5H2,1H3,(H2,9,11). The smallest absolute Gasteiger partial charge is 0.166 e. The highest BCUT2D eigenvalue weighted by Crippen LogP contribution is 2.25. The third-order valence-corrected chi connectivity index (χ3v) is 2.38. The molecule has 0 amide bonds. The summed E-state index contributed by atoms with van der Waals surface area (Å²) in [6.45, 7) is 2.94. The molecule has 4 heteroatoms. The minimum atomic E-state index is -1.01. The molecule has 0 radical (unpaired) electrons. The molecule has 1 aliphatic rings. The van der Waals surface area contributed by atoms with Crippen LogP contribution in [-0.4, -0.2) is 28.8 Å². The van der Waals surface area contributed by atoms with E-state index in [9.17, 15) is 4.39 Å². The van der Waals surface area contributed by atoms with Gasteiger partial charge in [-0.05, 0) is 32.0 Å². The minimum absolute atomic E-state index is 0.389. The summed E-state index contributed by atoms with van der Waals surface area (Å²) in [5.74, 6) is 0. The monoisotopic (exact) mass is 176 g/mol. The van der Waals surface area contributed by atoms with Crippen molar-refractivity contribution in [1.29, 1.82) is 0 Å². The predicted molar refractivity (Wildman–Crippen MR) is 47.1 cm³/mol. The van der Waals surface area contributed by atoms with E-state index in [0.29, 0.717) is 31.0 Å². The Bertz CT molecular complexity index is 160. The molecule has 2 N–H and O–H groups in total. The number of rotatable bonds is 0. The molecule has 11 heavy (non-hydrogen) atoms. The van der Waals surface area contributed by atoms with Crippen LogP contribution >= 0.6 is 12.2 Å². The molecule has 0 atom stereocenters. The van der Waals surface area contributed by atoms with Gasteiger partial charge in [-0.15, -0.1) is 0 Å². The summed E-state index contributed by atoms with van der Waals surface area (Å²) in [4.78, 5) is 1.84. The molecule has 0 aromatic carbocycles. The summed E-state index contributed by atoms with van der Waals surface area (Å²) in [7, 11) is 0. The van der Waals surface area contributed by atoms with Crippen LogP contribution in [0.4, 0.5) is 4.39 Å². The van der Waals surface area contributed by atoms with Crippen molar-refractivity contribution in [3.8, 4) is 0 Å². The fourth-order valence-corrected chi connectivity index (χ4v) is 1.38. The molecule has 0 unspecified atom stereocenters. The third kappa shape index (κ3) is 2.29. The van der Waals surface area contributed by atoms with Crippen molar-refractivity contribution in [3.63, 3.8) is 0 Å². The molecule has 0 bridgehead atoms. The van der Waals surface area contributed by atoms with Crippen molar-refractivity contribution < 1.29 is 4.39 Å². The number of alkyl halides is 1. The van der Waals surface area contributed by atoms with Crippen molar-refractivity contribution in [2.45, 2.75) is 25.4 Å². The molecule has 0 spiro atoms. The quantitative estimate of drug-likeness (QED) is 0.559. The molecule has 0 saturated carbocycles. The first-order valence-corrected chi connectivity index (χ1v) is 4.15. The van der Waals surface area contributed by atoms with Gasteiger partial charge < -0.3 is 10.6 Å². The lowest BCUT2D eigenvalue weighted by atomic mass is 9.96. The van der Waals surface area contributed by atoms with E-state index in [1.807, 2.05) is 4.90 Å². The molecule has 1 saturated heterocycles. The van der Waals surface area contributed by atoms with Gasteiger partial charge in [0.25, 0.3) is 0 Å². The van der Waals surface area contributed by atoms with Crippen molar-refractivity contribution >= 4 is 17.3 Å². The largest absolute Gasteiger partial charge is 0.376 e. The summed E-state index contributed by atoms with van der Waals surface area (Å²) in [6.07, 6.45) is 1.06. The lowest BCUT2D eigenvalue weighted by molar-refractivity contribution is 0.104. The maximum atomic E-state index is 13.2. The zero-order valence-electron chi connectivity index (χ0n) is 6.64. The van der Waals surface area contributed by atoms with E-state index >= 15 is 0 Å². The Kier molecular flexibility index (Phi) is 2.32. The van der Waals surface area contributed by atoms with E-state index in [2.05, 4.69) is 0 Å². The van der Waals surface area contributed by atoms with Gasteiger partial charge in [0.05, 0.1) is 0 Å². The number of nitrogens with two attached hydrogens (primary N) is 1. The Morgan fingerprint density at radius 3 is 2.36 bits per heavy atom. The highest BCUT2D eigenvalue weighted by Gasteiger charge is 2.29. The van der Waals surface area contributed by atoms with Gasteiger partial charge in [0.1, 0.15) is 5.67 Å². The highest BCUT2D eigenvalue weighted by molar-refractivity contribution is 7.80. The molecule has 1 fully saturated rings. The van der Waals surface area contributed by atoms with Crippen LogP contribution in [0, 0.1) is 0 Å². The molecule has 2 nitrogen and oxygen atoms in total. The van der Waals surface area contributed by atoms with Gasteiger partial charge in [-0.25, -0.2) is 4.39 Å². The normalized spacial score (nSPS) is 23.3. The molecular formula is C7H13FN2S. The third-order valence-electron chi connectivity index (χ3n) is 2.12. The zero-order valence-corrected chi connectivity index (χ0v) is 7.46. The zero-order chi connectivity index (χ0) is 8.48. The summed E-state index contributed by atoms with van der Waals surface area (Å²) < 4.78 is 13.2. The first-order valence-electron chi connectivity index (χ1n) is 3.74. The number of thiocarbonyl (C=S) groups is 1. The molecule has 0 aromatic rings. The Hall–Kier alpha value is -0.380. The molecule has 0 aromatic heterocycles. The Morgan fingerprint density at radius 2 is 2.00 bits per heavy atom. The van der Waals surface area contributed by atoms with Crippen LogP contribution in [0.3, 0.4) is 0 Å². The number of hydrogen-bond acceptors (Lipinski definition) is 1. The first-order chi connectivity index (χ1) is 5.01. The maximum absolute atomic E-state index is 13.2. The van der Waals surface area contributed by atoms with E-state index in [-0.39, 0.29) is 0 Å². The molecule has 1 rings (SSSR count). The van der Waals surface area contributed by atoms with Crippen LogP contribution < -0.4 is 5.73 Å². The van der Waals surface area contributed by atoms with Gasteiger partial charge in [0.15, 0.2) is 5.11 Å². The number of hydrogen-bond donors (Lipinski definition) is 1. The van der Waals surface area contributed by atoms with Crippen LogP contribution in [0.15, 0.2) is 0 Å². The summed E-state index contributed by atoms with van der Waals surface area (Å²) in [5, 5.41) is 0.389. The highest BCUT2D eigenvalue weighted by atomic mass is 32.1. The van der Waals surface area contributed by atoms with E-state index < -0.39 is 5.67 Å². The lowest BCUT2D eigenvalue weighted by Gasteiger charge is -2.34. The lowest BCUT2D eigenvalue weighted by Crippen LogP contribution is -2.45. The Labute approximate surface area is 71.5 Å². The van der Waals surface area contributed by atoms with E-state index in [1.165, 1.54) is 0 Å². The topological polar surface area (TPSA) is 29.3 Å². The van der Waals surface area contributed by atoms with Crippen LogP contribution in [0.25, 0.3) is 0 Å². The Morgan fingerprint density at radius 1 is 1.55 bits per heavy atom. The minimum Gasteiger partial charge on any atom is -0.376 e. The number of halogens is 1. The fourth-order valence-electron chi connectivity index (χ4n) is 1.19. The number of nitrogens with zero attached hydrogens (tertiary/aromatic N) is 1. The van der Waals surface area contributed by atoms with Crippen LogP contribution in [0.5, 0.6) is 0 Å². The second-order valence-electron chi connectivity index (χ2n) is 3.24. The van der Waals surface area contributed by atoms with Gasteiger partial charge in [-0.3, -0.25) is 0 Å². The van der Waals surface area contributed by atoms with E-state index in [4.69, 9.17) is 18.0 Å². The maximum Gasteiger partial charge on any atom is 0.166 e. The SMILES string of the molecule is CC1(F)CCN(C(N)=S)CC1. The predicted octanol–water partition coefficient (Wildman–Crippen LogP) is 1.05. The van der Waals surface area contributed by atoms with Crippen LogP contribution in [-0.2, 0) is 0 Å². The number of likely N-dealkylation sites (tertiary alicyclic amines) is 1. The molecule has 64 valence electrons. The fraction of sp³-hybridized carbons (Fsp3) is 0.857. The van der Waals surface area contributed by atoms with Gasteiger partial charge in [-0.2, -0.15) is 0 Å². The average Bonchev–Trinajstić information content (AvgIpc) is 1.86. The second kappa shape index (κ2) is 2.93. The van der Waals surface area contributed by atoms with Crippen LogP contribution in [0.1, 0.15) is 19.8 Å². The van der Waals surface area contributed by atoms with Gasteiger partial charge in [0.2, 0.25) is 0 Å². The second-order valence-corrected chi connectivity index (χ2v) is 3.66. The molecule has 0 aliphatic carbocycles. The van der Waals surface area contributed by atoms with Gasteiger partial charge >= 0.3 is 0 Å². The summed E-state index contributed by atoms with van der Waals surface area (Å²) in [6, 6.07) is 0.